The average molecular weight is 388 g/mol. The third-order valence-corrected chi connectivity index (χ3v) is 5.26. The number of nitrogen functional groups attached to an aromatic ring is 1. The lowest BCUT2D eigenvalue weighted by atomic mass is 10.0. The minimum Gasteiger partial charge on any atom is -0.397 e. The third kappa shape index (κ3) is 3.98. The van der Waals surface area contributed by atoms with Crippen molar-refractivity contribution in [2.45, 2.75) is 33.0 Å². The van der Waals surface area contributed by atoms with E-state index in [0.29, 0.717) is 31.1 Å². The maximum atomic E-state index is 12.9. The first-order chi connectivity index (χ1) is 14.0. The fraction of sp³-hybridized carbons (Fsp3) is 0.261. The predicted octanol–water partition coefficient (Wildman–Crippen LogP) is 3.27. The highest BCUT2D eigenvalue weighted by molar-refractivity contribution is 5.81. The van der Waals surface area contributed by atoms with Gasteiger partial charge in [-0.1, -0.05) is 24.3 Å². The van der Waals surface area contributed by atoms with Gasteiger partial charge in [0.2, 0.25) is 5.91 Å². The number of anilines is 1. The van der Waals surface area contributed by atoms with Crippen LogP contribution in [-0.2, 0) is 35.6 Å². The number of aryl methyl sites for hydroxylation is 1. The van der Waals surface area contributed by atoms with Crippen molar-refractivity contribution < 1.29 is 9.53 Å². The maximum Gasteiger partial charge on any atom is 0.229 e. The van der Waals surface area contributed by atoms with E-state index in [2.05, 4.69) is 4.98 Å². The van der Waals surface area contributed by atoms with Gasteiger partial charge in [0, 0.05) is 32.0 Å². The van der Waals surface area contributed by atoms with Gasteiger partial charge in [-0.05, 0) is 41.8 Å². The van der Waals surface area contributed by atoms with Gasteiger partial charge in [-0.15, -0.1) is 0 Å². The minimum absolute atomic E-state index is 0.00984. The van der Waals surface area contributed by atoms with Crippen LogP contribution < -0.4 is 5.73 Å². The van der Waals surface area contributed by atoms with E-state index in [1.54, 1.807) is 7.11 Å². The van der Waals surface area contributed by atoms with Crippen LogP contribution in [-0.4, -0.2) is 27.9 Å². The number of pyridine rings is 2. The van der Waals surface area contributed by atoms with Crippen molar-refractivity contribution in [3.8, 4) is 11.3 Å². The molecule has 1 amide bonds. The Hall–Kier alpha value is -3.25. The van der Waals surface area contributed by atoms with Gasteiger partial charge in [-0.25, -0.2) is 0 Å². The van der Waals surface area contributed by atoms with Crippen LogP contribution in [0.3, 0.4) is 0 Å². The molecule has 1 aromatic carbocycles. The molecule has 0 unspecified atom stereocenters. The SMILES string of the molecule is COCc1cc2c(cn1)CN(C(=O)Cc1nc(-c3ccccc3C)ccc1N)C2. The van der Waals surface area contributed by atoms with Crippen LogP contribution in [0.1, 0.15) is 28.1 Å². The van der Waals surface area contributed by atoms with Gasteiger partial charge in [0.25, 0.3) is 0 Å². The third-order valence-electron chi connectivity index (χ3n) is 5.26. The highest BCUT2D eigenvalue weighted by Crippen LogP contribution is 2.26. The van der Waals surface area contributed by atoms with Crippen molar-refractivity contribution in [2.75, 3.05) is 12.8 Å². The van der Waals surface area contributed by atoms with Crippen LogP contribution in [0.15, 0.2) is 48.7 Å². The Balaban J connectivity index is 1.52. The normalized spacial score (nSPS) is 12.8. The monoisotopic (exact) mass is 388 g/mol. The van der Waals surface area contributed by atoms with Gasteiger partial charge >= 0.3 is 0 Å². The van der Waals surface area contributed by atoms with Crippen molar-refractivity contribution in [3.05, 3.63) is 76.7 Å². The largest absolute Gasteiger partial charge is 0.397 e. The summed E-state index contributed by atoms with van der Waals surface area (Å²) >= 11 is 0. The molecule has 0 spiro atoms. The lowest BCUT2D eigenvalue weighted by Gasteiger charge is -2.16. The minimum atomic E-state index is 0.00984. The second kappa shape index (κ2) is 8.01. The van der Waals surface area contributed by atoms with Gasteiger partial charge in [0.1, 0.15) is 0 Å². The van der Waals surface area contributed by atoms with Gasteiger partial charge in [0.15, 0.2) is 0 Å². The molecule has 4 rings (SSSR count). The van der Waals surface area contributed by atoms with Crippen LogP contribution in [0.25, 0.3) is 11.3 Å². The maximum absolute atomic E-state index is 12.9. The summed E-state index contributed by atoms with van der Waals surface area (Å²) in [4.78, 5) is 23.9. The summed E-state index contributed by atoms with van der Waals surface area (Å²) in [7, 11) is 1.65. The number of carbonyl (C=O) groups excluding carboxylic acids is 1. The van der Waals surface area contributed by atoms with Gasteiger partial charge in [0.05, 0.1) is 35.8 Å². The molecule has 0 radical (unpaired) electrons. The van der Waals surface area contributed by atoms with E-state index in [1.807, 2.05) is 60.5 Å². The number of methoxy groups -OCH3 is 1. The number of ether oxygens (including phenoxy) is 1. The van der Waals surface area contributed by atoms with Crippen LogP contribution in [0, 0.1) is 6.92 Å². The zero-order valence-electron chi connectivity index (χ0n) is 16.7. The van der Waals surface area contributed by atoms with E-state index in [1.165, 1.54) is 0 Å². The highest BCUT2D eigenvalue weighted by atomic mass is 16.5. The number of nitrogens with zero attached hydrogens (tertiary/aromatic N) is 3. The van der Waals surface area contributed by atoms with Gasteiger partial charge in [-0.2, -0.15) is 0 Å². The summed E-state index contributed by atoms with van der Waals surface area (Å²) in [6, 6.07) is 13.8. The summed E-state index contributed by atoms with van der Waals surface area (Å²) < 4.78 is 5.14. The molecule has 6 nitrogen and oxygen atoms in total. The molecule has 1 aliphatic rings. The van der Waals surface area contributed by atoms with Crippen LogP contribution in [0.4, 0.5) is 5.69 Å². The van der Waals surface area contributed by atoms with E-state index in [4.69, 9.17) is 15.5 Å². The second-order valence-electron chi connectivity index (χ2n) is 7.35. The first-order valence-electron chi connectivity index (χ1n) is 9.60. The number of aromatic nitrogens is 2. The van der Waals surface area contributed by atoms with Crippen molar-refractivity contribution in [2.24, 2.45) is 0 Å². The van der Waals surface area contributed by atoms with E-state index in [-0.39, 0.29) is 12.3 Å². The zero-order chi connectivity index (χ0) is 20.4. The number of hydrogen-bond acceptors (Lipinski definition) is 5. The zero-order valence-corrected chi connectivity index (χ0v) is 16.7. The smallest absolute Gasteiger partial charge is 0.229 e. The number of amides is 1. The molecule has 3 heterocycles. The molecule has 0 saturated heterocycles. The number of nitrogens with two attached hydrogens (primary N) is 1. The van der Waals surface area contributed by atoms with Gasteiger partial charge < -0.3 is 15.4 Å². The fourth-order valence-corrected chi connectivity index (χ4v) is 3.65. The number of benzene rings is 1. The summed E-state index contributed by atoms with van der Waals surface area (Å²) in [5.41, 5.74) is 13.4. The van der Waals surface area contributed by atoms with E-state index in [0.717, 1.165) is 33.6 Å². The number of rotatable bonds is 5. The molecule has 0 aliphatic carbocycles. The Kier molecular flexibility index (Phi) is 5.27. The molecule has 1 aliphatic heterocycles. The molecule has 0 atom stereocenters. The molecule has 29 heavy (non-hydrogen) atoms. The molecule has 0 saturated carbocycles. The molecule has 0 fully saturated rings. The summed E-state index contributed by atoms with van der Waals surface area (Å²) in [6.45, 7) is 3.65. The van der Waals surface area contributed by atoms with E-state index < -0.39 is 0 Å². The van der Waals surface area contributed by atoms with Crippen molar-refractivity contribution in [3.63, 3.8) is 0 Å². The summed E-state index contributed by atoms with van der Waals surface area (Å²) in [5, 5.41) is 0. The topological polar surface area (TPSA) is 81.3 Å². The Morgan fingerprint density at radius 3 is 2.76 bits per heavy atom. The molecular formula is C23H24N4O2. The number of carbonyl (C=O) groups is 1. The predicted molar refractivity (Wildman–Crippen MR) is 112 cm³/mol. The van der Waals surface area contributed by atoms with Crippen LogP contribution in [0.2, 0.25) is 0 Å². The Bertz CT molecular complexity index is 1060. The fourth-order valence-electron chi connectivity index (χ4n) is 3.65. The molecule has 148 valence electrons. The van der Waals surface area contributed by atoms with E-state index in [9.17, 15) is 4.79 Å². The molecule has 2 aromatic heterocycles. The van der Waals surface area contributed by atoms with Crippen molar-refractivity contribution in [1.29, 1.82) is 0 Å². The molecule has 3 aromatic rings. The van der Waals surface area contributed by atoms with Crippen LogP contribution >= 0.6 is 0 Å². The first-order valence-corrected chi connectivity index (χ1v) is 9.60. The van der Waals surface area contributed by atoms with E-state index >= 15 is 0 Å². The van der Waals surface area contributed by atoms with Gasteiger partial charge in [-0.3, -0.25) is 14.8 Å². The molecule has 2 N–H and O–H groups in total. The standard InChI is InChI=1S/C23H24N4O2/c1-15-5-3-4-6-19(15)21-8-7-20(24)22(26-21)10-23(28)27-12-16-9-18(14-29-2)25-11-17(16)13-27/h3-9,11H,10,12-14,24H2,1-2H3. The van der Waals surface area contributed by atoms with Crippen LogP contribution in [0.5, 0.6) is 0 Å². The van der Waals surface area contributed by atoms with Crippen molar-refractivity contribution in [1.82, 2.24) is 14.9 Å². The average Bonchev–Trinajstić information content (AvgIpc) is 3.14. The Morgan fingerprint density at radius 1 is 1.17 bits per heavy atom. The number of hydrogen-bond donors (Lipinski definition) is 1. The quantitative estimate of drug-likeness (QED) is 0.725. The molecular weight excluding hydrogens is 364 g/mol. The molecule has 0 bridgehead atoms. The molecule has 6 heteroatoms. The lowest BCUT2D eigenvalue weighted by molar-refractivity contribution is -0.131. The highest BCUT2D eigenvalue weighted by Gasteiger charge is 2.25. The Morgan fingerprint density at radius 2 is 1.97 bits per heavy atom. The summed E-state index contributed by atoms with van der Waals surface area (Å²) in [5.74, 6) is 0.00984. The van der Waals surface area contributed by atoms with Crippen molar-refractivity contribution >= 4 is 11.6 Å². The lowest BCUT2D eigenvalue weighted by Crippen LogP contribution is -2.27. The first kappa shape index (κ1) is 19.1. The summed E-state index contributed by atoms with van der Waals surface area (Å²) in [6.07, 6.45) is 2.01. The second-order valence-corrected chi connectivity index (χ2v) is 7.35. The number of fused-ring (bicyclic) bond motifs is 1. The Labute approximate surface area is 170 Å².